The minimum absolute atomic E-state index is 0.105. The zero-order valence-corrected chi connectivity index (χ0v) is 15.7. The molecule has 0 N–H and O–H groups in total. The van der Waals surface area contributed by atoms with E-state index in [1.54, 1.807) is 0 Å². The van der Waals surface area contributed by atoms with Crippen LogP contribution in [0.2, 0.25) is 0 Å². The fraction of sp³-hybridized carbons (Fsp3) is 1.00. The molecule has 22 heavy (non-hydrogen) atoms. The molecule has 130 valence electrons. The molecule has 2 aliphatic heterocycles. The number of ether oxygens (including phenoxy) is 3. The predicted molar refractivity (Wildman–Crippen MR) is 89.7 cm³/mol. The van der Waals surface area contributed by atoms with Crippen LogP contribution in [-0.4, -0.2) is 30.7 Å². The fourth-order valence-corrected chi connectivity index (χ4v) is 4.01. The zero-order valence-electron chi connectivity index (χ0n) is 15.7. The largest absolute Gasteiger partial charge is 0.372 e. The summed E-state index contributed by atoms with van der Waals surface area (Å²) in [6, 6.07) is 0. The lowest BCUT2D eigenvalue weighted by Crippen LogP contribution is -2.53. The Balaban J connectivity index is 2.10. The Bertz CT molecular complexity index is 357. The van der Waals surface area contributed by atoms with Gasteiger partial charge in [-0.1, -0.05) is 41.5 Å². The average molecular weight is 312 g/mol. The standard InChI is InChI=1S/C19H36O3/c1-9-17-18(13(5)12(4)15(7)20-17)22-19-14(6)10(2)11(3)16(8)21-19/h10-19H,9H2,1-8H3/t10-,11-,12?,13-,14?,15?,16?,17?,18-,19+/m1/s1. The Morgan fingerprint density at radius 2 is 1.23 bits per heavy atom. The van der Waals surface area contributed by atoms with Crippen LogP contribution in [0.3, 0.4) is 0 Å². The molecule has 2 rings (SSSR count). The van der Waals surface area contributed by atoms with Crippen LogP contribution in [0.4, 0.5) is 0 Å². The molecule has 2 heterocycles. The second-order valence-electron chi connectivity index (χ2n) is 7.89. The van der Waals surface area contributed by atoms with Crippen LogP contribution in [0, 0.1) is 29.6 Å². The van der Waals surface area contributed by atoms with Crippen molar-refractivity contribution >= 4 is 0 Å². The van der Waals surface area contributed by atoms with Crippen molar-refractivity contribution in [1.82, 2.24) is 0 Å². The summed E-state index contributed by atoms with van der Waals surface area (Å²) in [5, 5.41) is 0. The van der Waals surface area contributed by atoms with Crippen LogP contribution >= 0.6 is 0 Å². The van der Waals surface area contributed by atoms with E-state index in [0.29, 0.717) is 35.7 Å². The molecule has 2 fully saturated rings. The van der Waals surface area contributed by atoms with Gasteiger partial charge in [-0.15, -0.1) is 0 Å². The van der Waals surface area contributed by atoms with Crippen molar-refractivity contribution in [3.8, 4) is 0 Å². The lowest BCUT2D eigenvalue weighted by Gasteiger charge is -2.48. The Morgan fingerprint density at radius 3 is 1.82 bits per heavy atom. The predicted octanol–water partition coefficient (Wildman–Crippen LogP) is 4.49. The highest BCUT2D eigenvalue weighted by atomic mass is 16.7. The third-order valence-corrected chi connectivity index (χ3v) is 6.71. The highest BCUT2D eigenvalue weighted by Gasteiger charge is 2.44. The van der Waals surface area contributed by atoms with Gasteiger partial charge in [0.05, 0.1) is 24.4 Å². The molecule has 0 bridgehead atoms. The van der Waals surface area contributed by atoms with Crippen molar-refractivity contribution in [3.63, 3.8) is 0 Å². The first-order chi connectivity index (χ1) is 10.3. The molecule has 3 heteroatoms. The van der Waals surface area contributed by atoms with Gasteiger partial charge in [0.25, 0.3) is 0 Å². The Morgan fingerprint density at radius 1 is 0.682 bits per heavy atom. The Hall–Kier alpha value is -0.120. The van der Waals surface area contributed by atoms with Gasteiger partial charge in [0.2, 0.25) is 0 Å². The minimum Gasteiger partial charge on any atom is -0.372 e. The van der Waals surface area contributed by atoms with Gasteiger partial charge in [-0.3, -0.25) is 0 Å². The normalized spacial score (nSPS) is 53.5. The first kappa shape index (κ1) is 18.2. The van der Waals surface area contributed by atoms with E-state index in [0.717, 1.165) is 6.42 Å². The first-order valence-electron chi connectivity index (χ1n) is 9.24. The van der Waals surface area contributed by atoms with E-state index in [-0.39, 0.29) is 24.6 Å². The number of hydrogen-bond donors (Lipinski definition) is 0. The highest BCUT2D eigenvalue weighted by Crippen LogP contribution is 2.39. The molecule has 0 spiro atoms. The summed E-state index contributed by atoms with van der Waals surface area (Å²) < 4.78 is 18.9. The fourth-order valence-electron chi connectivity index (χ4n) is 4.01. The monoisotopic (exact) mass is 312 g/mol. The quantitative estimate of drug-likeness (QED) is 0.768. The Kier molecular flexibility index (Phi) is 5.95. The second kappa shape index (κ2) is 7.19. The highest BCUT2D eigenvalue weighted by molar-refractivity contribution is 4.89. The van der Waals surface area contributed by atoms with Crippen molar-refractivity contribution in [2.24, 2.45) is 29.6 Å². The summed E-state index contributed by atoms with van der Waals surface area (Å²) >= 11 is 0. The zero-order chi connectivity index (χ0) is 16.6. The van der Waals surface area contributed by atoms with E-state index in [1.165, 1.54) is 0 Å². The van der Waals surface area contributed by atoms with Crippen LogP contribution in [0.25, 0.3) is 0 Å². The molecule has 2 aliphatic rings. The molecule has 0 saturated carbocycles. The molecule has 0 aromatic carbocycles. The van der Waals surface area contributed by atoms with Crippen molar-refractivity contribution in [1.29, 1.82) is 0 Å². The third-order valence-electron chi connectivity index (χ3n) is 6.71. The molecular formula is C19H36O3. The lowest BCUT2D eigenvalue weighted by molar-refractivity contribution is -0.296. The van der Waals surface area contributed by atoms with E-state index in [9.17, 15) is 0 Å². The third kappa shape index (κ3) is 3.37. The van der Waals surface area contributed by atoms with Gasteiger partial charge in [0, 0.05) is 5.92 Å². The smallest absolute Gasteiger partial charge is 0.161 e. The van der Waals surface area contributed by atoms with Crippen LogP contribution < -0.4 is 0 Å². The summed E-state index contributed by atoms with van der Waals surface area (Å²) in [6.45, 7) is 18.0. The molecule has 0 aliphatic carbocycles. The van der Waals surface area contributed by atoms with Gasteiger partial charge in [0.15, 0.2) is 6.29 Å². The van der Waals surface area contributed by atoms with Gasteiger partial charge < -0.3 is 14.2 Å². The second-order valence-corrected chi connectivity index (χ2v) is 7.89. The maximum atomic E-state index is 6.52. The van der Waals surface area contributed by atoms with E-state index < -0.39 is 0 Å². The van der Waals surface area contributed by atoms with Gasteiger partial charge in [-0.2, -0.15) is 0 Å². The SMILES string of the molecule is CCC1OC(C)C(C)[C@@H](C)[C@H]1O[C@@H]1OC(C)[C@H](C)[C@@H](C)C1C. The molecule has 10 atom stereocenters. The molecule has 5 unspecified atom stereocenters. The van der Waals surface area contributed by atoms with Crippen molar-refractivity contribution in [3.05, 3.63) is 0 Å². The summed E-state index contributed by atoms with van der Waals surface area (Å²) in [4.78, 5) is 0. The summed E-state index contributed by atoms with van der Waals surface area (Å²) in [7, 11) is 0. The Labute approximate surface area is 137 Å². The van der Waals surface area contributed by atoms with Gasteiger partial charge in [-0.25, -0.2) is 0 Å². The summed E-state index contributed by atoms with van der Waals surface area (Å²) in [6.07, 6.45) is 1.77. The maximum absolute atomic E-state index is 6.52. The van der Waals surface area contributed by atoms with E-state index >= 15 is 0 Å². The molecule has 3 nitrogen and oxygen atoms in total. The van der Waals surface area contributed by atoms with E-state index in [2.05, 4.69) is 55.4 Å². The van der Waals surface area contributed by atoms with Crippen LogP contribution in [0.5, 0.6) is 0 Å². The molecule has 0 aromatic heterocycles. The molecule has 0 radical (unpaired) electrons. The topological polar surface area (TPSA) is 27.7 Å². The molecule has 2 saturated heterocycles. The van der Waals surface area contributed by atoms with Crippen molar-refractivity contribution in [2.45, 2.75) is 92.5 Å². The maximum Gasteiger partial charge on any atom is 0.161 e. The van der Waals surface area contributed by atoms with Crippen molar-refractivity contribution < 1.29 is 14.2 Å². The van der Waals surface area contributed by atoms with Crippen molar-refractivity contribution in [2.75, 3.05) is 0 Å². The first-order valence-corrected chi connectivity index (χ1v) is 9.24. The molecular weight excluding hydrogens is 276 g/mol. The summed E-state index contributed by atoms with van der Waals surface area (Å²) in [5.74, 6) is 2.63. The number of hydrogen-bond acceptors (Lipinski definition) is 3. The van der Waals surface area contributed by atoms with Crippen LogP contribution in [0.15, 0.2) is 0 Å². The van der Waals surface area contributed by atoms with Crippen LogP contribution in [-0.2, 0) is 14.2 Å². The minimum atomic E-state index is -0.105. The number of rotatable bonds is 3. The van der Waals surface area contributed by atoms with E-state index in [1.807, 2.05) is 0 Å². The van der Waals surface area contributed by atoms with Gasteiger partial charge in [0.1, 0.15) is 0 Å². The molecule has 0 aromatic rings. The molecule has 0 amide bonds. The van der Waals surface area contributed by atoms with Gasteiger partial charge in [-0.05, 0) is 43.9 Å². The average Bonchev–Trinajstić information content (AvgIpc) is 2.50. The van der Waals surface area contributed by atoms with Gasteiger partial charge >= 0.3 is 0 Å². The van der Waals surface area contributed by atoms with Crippen LogP contribution in [0.1, 0.15) is 61.8 Å². The lowest BCUT2D eigenvalue weighted by atomic mass is 9.78. The van der Waals surface area contributed by atoms with E-state index in [4.69, 9.17) is 14.2 Å². The summed E-state index contributed by atoms with van der Waals surface area (Å²) in [5.41, 5.74) is 0.